The summed E-state index contributed by atoms with van der Waals surface area (Å²) in [5.41, 5.74) is 2.93. The normalized spacial score (nSPS) is 13.9. The Hall–Kier alpha value is -3.55. The number of ether oxygens (including phenoxy) is 1. The number of ketones is 1. The Morgan fingerprint density at radius 2 is 1.71 bits per heavy atom. The zero-order chi connectivity index (χ0) is 23.6. The van der Waals surface area contributed by atoms with Crippen LogP contribution in [-0.2, 0) is 4.74 Å². The number of Topliss-reactive ketones (excluding diaryl/α,β-unsaturated/α-hetero) is 1. The predicted molar refractivity (Wildman–Crippen MR) is 134 cm³/mol. The van der Waals surface area contributed by atoms with Gasteiger partial charge in [0.15, 0.2) is 5.78 Å². The lowest BCUT2D eigenvalue weighted by atomic mass is 10.0. The van der Waals surface area contributed by atoms with Crippen LogP contribution in [0.5, 0.6) is 0 Å². The maximum atomic E-state index is 12.7. The number of nitrogens with one attached hydrogen (secondary N) is 2. The van der Waals surface area contributed by atoms with Crippen molar-refractivity contribution in [3.05, 3.63) is 84.1 Å². The van der Waals surface area contributed by atoms with Crippen LogP contribution in [0.15, 0.2) is 72.9 Å². The van der Waals surface area contributed by atoms with E-state index in [1.54, 1.807) is 30.5 Å². The standard InChI is InChI=1S/C27H30N4O3/c32-25(8-2-4-15-31-16-18-34-19-17-31)22-6-5-7-24(20-22)29-23-12-10-21(11-13-23)27(33)30-26-9-1-3-14-28-26/h1,3,5-7,9-14,20,29H,2,4,8,15-19H2,(H,28,30,33). The monoisotopic (exact) mass is 458 g/mol. The van der Waals surface area contributed by atoms with Gasteiger partial charge in [-0.3, -0.25) is 14.5 Å². The Labute approximate surface area is 200 Å². The molecule has 7 nitrogen and oxygen atoms in total. The smallest absolute Gasteiger partial charge is 0.256 e. The molecule has 0 atom stereocenters. The van der Waals surface area contributed by atoms with Crippen LogP contribution in [0.4, 0.5) is 17.2 Å². The molecule has 7 heteroatoms. The van der Waals surface area contributed by atoms with E-state index in [2.05, 4.69) is 20.5 Å². The topological polar surface area (TPSA) is 83.6 Å². The highest BCUT2D eigenvalue weighted by atomic mass is 16.5. The largest absolute Gasteiger partial charge is 0.379 e. The van der Waals surface area contributed by atoms with E-state index in [9.17, 15) is 9.59 Å². The second-order valence-corrected chi connectivity index (χ2v) is 8.29. The number of nitrogens with zero attached hydrogens (tertiary/aromatic N) is 2. The first-order valence-corrected chi connectivity index (χ1v) is 11.7. The molecule has 0 unspecified atom stereocenters. The highest BCUT2D eigenvalue weighted by molar-refractivity contribution is 6.04. The molecule has 176 valence electrons. The van der Waals surface area contributed by atoms with Crippen molar-refractivity contribution >= 4 is 28.9 Å². The predicted octanol–water partition coefficient (Wildman–Crippen LogP) is 4.76. The van der Waals surface area contributed by atoms with Crippen molar-refractivity contribution in [1.82, 2.24) is 9.88 Å². The van der Waals surface area contributed by atoms with E-state index < -0.39 is 0 Å². The first-order valence-electron chi connectivity index (χ1n) is 11.7. The zero-order valence-corrected chi connectivity index (χ0v) is 19.2. The first-order chi connectivity index (χ1) is 16.7. The van der Waals surface area contributed by atoms with Gasteiger partial charge in [0.25, 0.3) is 5.91 Å². The van der Waals surface area contributed by atoms with Crippen molar-refractivity contribution in [3.8, 4) is 0 Å². The fraction of sp³-hybridized carbons (Fsp3) is 0.296. The minimum Gasteiger partial charge on any atom is -0.379 e. The highest BCUT2D eigenvalue weighted by Gasteiger charge is 2.11. The number of aromatic nitrogens is 1. The van der Waals surface area contributed by atoms with Crippen molar-refractivity contribution in [2.45, 2.75) is 19.3 Å². The van der Waals surface area contributed by atoms with Crippen molar-refractivity contribution in [2.24, 2.45) is 0 Å². The van der Waals surface area contributed by atoms with Crippen molar-refractivity contribution in [1.29, 1.82) is 0 Å². The molecule has 1 aliphatic rings. The molecular weight excluding hydrogens is 428 g/mol. The average molecular weight is 459 g/mol. The Kier molecular flexibility index (Phi) is 8.38. The van der Waals surface area contributed by atoms with Crippen LogP contribution in [0.2, 0.25) is 0 Å². The Morgan fingerprint density at radius 3 is 2.47 bits per heavy atom. The van der Waals surface area contributed by atoms with Crippen LogP contribution >= 0.6 is 0 Å². The van der Waals surface area contributed by atoms with Crippen LogP contribution in [0.25, 0.3) is 0 Å². The summed E-state index contributed by atoms with van der Waals surface area (Å²) in [4.78, 5) is 31.5. The molecule has 1 amide bonds. The number of pyridine rings is 1. The fourth-order valence-electron chi connectivity index (χ4n) is 3.86. The van der Waals surface area contributed by atoms with Crippen molar-refractivity contribution < 1.29 is 14.3 Å². The Morgan fingerprint density at radius 1 is 0.882 bits per heavy atom. The molecular formula is C27H30N4O3. The zero-order valence-electron chi connectivity index (χ0n) is 19.2. The molecule has 0 spiro atoms. The summed E-state index contributed by atoms with van der Waals surface area (Å²) in [5.74, 6) is 0.455. The van der Waals surface area contributed by atoms with Gasteiger partial charge >= 0.3 is 0 Å². The lowest BCUT2D eigenvalue weighted by Crippen LogP contribution is -2.36. The minimum atomic E-state index is -0.216. The summed E-state index contributed by atoms with van der Waals surface area (Å²) in [6, 6.07) is 20.1. The van der Waals surface area contributed by atoms with Gasteiger partial charge in [-0.1, -0.05) is 18.2 Å². The molecule has 4 rings (SSSR count). The lowest BCUT2D eigenvalue weighted by molar-refractivity contribution is 0.0371. The first kappa shape index (κ1) is 23.6. The molecule has 34 heavy (non-hydrogen) atoms. The fourth-order valence-corrected chi connectivity index (χ4v) is 3.86. The summed E-state index contributed by atoms with van der Waals surface area (Å²) in [6.45, 7) is 4.60. The molecule has 2 heterocycles. The third-order valence-electron chi connectivity index (χ3n) is 5.76. The third-order valence-corrected chi connectivity index (χ3v) is 5.76. The number of unbranched alkanes of at least 4 members (excludes halogenated alkanes) is 1. The number of carbonyl (C=O) groups is 2. The van der Waals surface area contributed by atoms with Crippen molar-refractivity contribution in [2.75, 3.05) is 43.5 Å². The van der Waals surface area contributed by atoms with E-state index in [1.165, 1.54) is 0 Å². The van der Waals surface area contributed by atoms with Gasteiger partial charge in [-0.2, -0.15) is 0 Å². The summed E-state index contributed by atoms with van der Waals surface area (Å²) >= 11 is 0. The van der Waals surface area contributed by atoms with E-state index in [4.69, 9.17) is 4.74 Å². The number of hydrogen-bond donors (Lipinski definition) is 2. The van der Waals surface area contributed by atoms with Gasteiger partial charge in [0.2, 0.25) is 0 Å². The maximum absolute atomic E-state index is 12.7. The number of hydrogen-bond acceptors (Lipinski definition) is 6. The molecule has 2 aromatic carbocycles. The molecule has 1 fully saturated rings. The Bertz CT molecular complexity index is 1080. The van der Waals surface area contributed by atoms with Gasteiger partial charge in [0, 0.05) is 48.2 Å². The molecule has 0 saturated carbocycles. The molecule has 2 N–H and O–H groups in total. The molecule has 1 saturated heterocycles. The summed E-state index contributed by atoms with van der Waals surface area (Å²) < 4.78 is 5.37. The van der Waals surface area contributed by atoms with Crippen molar-refractivity contribution in [3.63, 3.8) is 0 Å². The third kappa shape index (κ3) is 6.97. The van der Waals surface area contributed by atoms with Gasteiger partial charge in [-0.05, 0) is 67.9 Å². The Balaban J connectivity index is 1.26. The second-order valence-electron chi connectivity index (χ2n) is 8.29. The number of amides is 1. The highest BCUT2D eigenvalue weighted by Crippen LogP contribution is 2.20. The van der Waals surface area contributed by atoms with Gasteiger partial charge in [0.05, 0.1) is 13.2 Å². The maximum Gasteiger partial charge on any atom is 0.256 e. The van der Waals surface area contributed by atoms with Gasteiger partial charge < -0.3 is 15.4 Å². The molecule has 0 radical (unpaired) electrons. The van der Waals surface area contributed by atoms with Crippen LogP contribution in [0, 0.1) is 0 Å². The van der Waals surface area contributed by atoms with E-state index in [1.807, 2.05) is 42.5 Å². The average Bonchev–Trinajstić information content (AvgIpc) is 2.88. The molecule has 3 aromatic rings. The number of carbonyl (C=O) groups excluding carboxylic acids is 2. The molecule has 0 bridgehead atoms. The number of rotatable bonds is 10. The lowest BCUT2D eigenvalue weighted by Gasteiger charge is -2.26. The van der Waals surface area contributed by atoms with Gasteiger partial charge in [-0.15, -0.1) is 0 Å². The summed E-state index contributed by atoms with van der Waals surface area (Å²) in [7, 11) is 0. The van der Waals surface area contributed by atoms with Crippen LogP contribution in [0.1, 0.15) is 40.0 Å². The van der Waals surface area contributed by atoms with Crippen LogP contribution in [0.3, 0.4) is 0 Å². The van der Waals surface area contributed by atoms with Gasteiger partial charge in [0.1, 0.15) is 5.82 Å². The van der Waals surface area contributed by atoms with E-state index in [0.717, 1.165) is 57.1 Å². The minimum absolute atomic E-state index is 0.159. The molecule has 1 aromatic heterocycles. The SMILES string of the molecule is O=C(CCCCN1CCOCC1)c1cccc(Nc2ccc(C(=O)Nc3ccccn3)cc2)c1. The van der Waals surface area contributed by atoms with Crippen LogP contribution in [-0.4, -0.2) is 54.4 Å². The van der Waals surface area contributed by atoms with E-state index in [-0.39, 0.29) is 11.7 Å². The number of morpholine rings is 1. The molecule has 1 aliphatic heterocycles. The number of anilines is 3. The second kappa shape index (κ2) is 12.1. The summed E-state index contributed by atoms with van der Waals surface area (Å²) in [6.07, 6.45) is 4.08. The quantitative estimate of drug-likeness (QED) is 0.337. The number of benzene rings is 2. The van der Waals surface area contributed by atoms with Crippen LogP contribution < -0.4 is 10.6 Å². The van der Waals surface area contributed by atoms with E-state index >= 15 is 0 Å². The van der Waals surface area contributed by atoms with E-state index in [0.29, 0.717) is 23.4 Å². The summed E-state index contributed by atoms with van der Waals surface area (Å²) in [5, 5.41) is 6.08. The molecule has 0 aliphatic carbocycles. The van der Waals surface area contributed by atoms with Gasteiger partial charge in [-0.25, -0.2) is 4.98 Å².